The molecule has 12 heavy (non-hydrogen) atoms. The van der Waals surface area contributed by atoms with Crippen molar-refractivity contribution in [2.75, 3.05) is 5.75 Å². The van der Waals surface area contributed by atoms with E-state index in [-0.39, 0.29) is 10.9 Å². The van der Waals surface area contributed by atoms with Gasteiger partial charge in [0.15, 0.2) is 11.3 Å². The normalized spacial score (nSPS) is 14.4. The highest BCUT2D eigenvalue weighted by Crippen LogP contribution is 2.26. The van der Waals surface area contributed by atoms with Crippen LogP contribution in [0.15, 0.2) is 0 Å². The molecule has 0 aliphatic carbocycles. The minimum absolute atomic E-state index is 0.0312. The highest BCUT2D eigenvalue weighted by molar-refractivity contribution is 8.13. The van der Waals surface area contributed by atoms with Gasteiger partial charge < -0.3 is 0 Å². The summed E-state index contributed by atoms with van der Waals surface area (Å²) in [4.78, 5) is 10.3. The average Bonchev–Trinajstić information content (AvgIpc) is 1.85. The summed E-state index contributed by atoms with van der Waals surface area (Å²) in [5.74, 6) is -3.33. The molecule has 5 heteroatoms. The van der Waals surface area contributed by atoms with Crippen LogP contribution in [0, 0.1) is 0 Å². The van der Waals surface area contributed by atoms with Gasteiger partial charge in [-0.1, -0.05) is 11.8 Å². The number of halogens is 3. The molecule has 0 spiro atoms. The van der Waals surface area contributed by atoms with Crippen molar-refractivity contribution in [2.45, 2.75) is 32.4 Å². The van der Waals surface area contributed by atoms with Crippen LogP contribution in [-0.4, -0.2) is 23.0 Å². The summed E-state index contributed by atoms with van der Waals surface area (Å²) < 4.78 is 37.2. The molecule has 72 valence electrons. The molecular weight excluding hydrogens is 189 g/mol. The monoisotopic (exact) mass is 200 g/mol. The van der Waals surface area contributed by atoms with E-state index < -0.39 is 18.5 Å². The van der Waals surface area contributed by atoms with Crippen molar-refractivity contribution in [3.05, 3.63) is 0 Å². The molecule has 0 aromatic heterocycles. The SMILES string of the molecule is CC(=O)SCCC(F)(F)C(C)F. The molecule has 0 amide bonds. The van der Waals surface area contributed by atoms with E-state index in [1.165, 1.54) is 6.92 Å². The van der Waals surface area contributed by atoms with Crippen molar-refractivity contribution in [3.8, 4) is 0 Å². The summed E-state index contributed by atoms with van der Waals surface area (Å²) in [5, 5.41) is -0.225. The fourth-order valence-corrected chi connectivity index (χ4v) is 1.19. The molecule has 0 aliphatic rings. The van der Waals surface area contributed by atoms with Gasteiger partial charge in [-0.2, -0.15) is 0 Å². The van der Waals surface area contributed by atoms with Gasteiger partial charge in [-0.15, -0.1) is 0 Å². The van der Waals surface area contributed by atoms with E-state index in [4.69, 9.17) is 0 Å². The number of thioether (sulfide) groups is 1. The maximum Gasteiger partial charge on any atom is 0.279 e. The number of hydrogen-bond acceptors (Lipinski definition) is 2. The van der Waals surface area contributed by atoms with Crippen LogP contribution in [0.2, 0.25) is 0 Å². The largest absolute Gasteiger partial charge is 0.288 e. The fraction of sp³-hybridized carbons (Fsp3) is 0.857. The van der Waals surface area contributed by atoms with Crippen molar-refractivity contribution < 1.29 is 18.0 Å². The summed E-state index contributed by atoms with van der Waals surface area (Å²) in [6.45, 7) is 2.11. The first-order valence-corrected chi connectivity index (χ1v) is 4.50. The number of rotatable bonds is 4. The van der Waals surface area contributed by atoms with E-state index in [0.717, 1.165) is 18.7 Å². The van der Waals surface area contributed by atoms with Gasteiger partial charge in [0, 0.05) is 19.1 Å². The molecule has 1 atom stereocenters. The maximum absolute atomic E-state index is 12.5. The van der Waals surface area contributed by atoms with Gasteiger partial charge in [-0.05, 0) is 6.92 Å². The summed E-state index contributed by atoms with van der Waals surface area (Å²) in [7, 11) is 0. The Morgan fingerprint density at radius 3 is 2.42 bits per heavy atom. The van der Waals surface area contributed by atoms with Gasteiger partial charge in [-0.3, -0.25) is 4.79 Å². The van der Waals surface area contributed by atoms with Crippen LogP contribution < -0.4 is 0 Å². The Bertz CT molecular complexity index is 159. The first kappa shape index (κ1) is 11.8. The lowest BCUT2D eigenvalue weighted by Gasteiger charge is -2.16. The minimum Gasteiger partial charge on any atom is -0.288 e. The number of hydrogen-bond donors (Lipinski definition) is 0. The van der Waals surface area contributed by atoms with Crippen LogP contribution in [0.1, 0.15) is 20.3 Å². The minimum atomic E-state index is -3.30. The van der Waals surface area contributed by atoms with E-state index in [2.05, 4.69) is 0 Å². The second-order valence-corrected chi connectivity index (χ2v) is 3.74. The summed E-state index contributed by atoms with van der Waals surface area (Å²) in [5.41, 5.74) is 0. The van der Waals surface area contributed by atoms with Gasteiger partial charge in [0.1, 0.15) is 0 Å². The third kappa shape index (κ3) is 4.64. The average molecular weight is 200 g/mol. The van der Waals surface area contributed by atoms with Crippen LogP contribution in [0.4, 0.5) is 13.2 Å². The molecule has 0 N–H and O–H groups in total. The highest BCUT2D eigenvalue weighted by Gasteiger charge is 2.35. The molecule has 0 rings (SSSR count). The molecule has 1 nitrogen and oxygen atoms in total. The zero-order valence-electron chi connectivity index (χ0n) is 6.94. The van der Waals surface area contributed by atoms with Crippen LogP contribution in [-0.2, 0) is 4.79 Å². The number of alkyl halides is 3. The van der Waals surface area contributed by atoms with Gasteiger partial charge in [0.05, 0.1) is 0 Å². The first-order valence-electron chi connectivity index (χ1n) is 3.51. The zero-order chi connectivity index (χ0) is 9.78. The zero-order valence-corrected chi connectivity index (χ0v) is 7.76. The van der Waals surface area contributed by atoms with Crippen LogP contribution in [0.25, 0.3) is 0 Å². The van der Waals surface area contributed by atoms with Crippen molar-refractivity contribution in [1.82, 2.24) is 0 Å². The summed E-state index contributed by atoms with van der Waals surface area (Å²) in [6.07, 6.45) is -2.74. The maximum atomic E-state index is 12.5. The Kier molecular flexibility index (Phi) is 4.67. The Morgan fingerprint density at radius 1 is 1.58 bits per heavy atom. The second-order valence-electron chi connectivity index (χ2n) is 2.47. The smallest absolute Gasteiger partial charge is 0.279 e. The molecule has 0 aliphatic heterocycles. The van der Waals surface area contributed by atoms with E-state index in [1.807, 2.05) is 0 Å². The predicted molar refractivity (Wildman–Crippen MR) is 43.3 cm³/mol. The third-order valence-electron chi connectivity index (χ3n) is 1.32. The van der Waals surface area contributed by atoms with Gasteiger partial charge in [0.2, 0.25) is 0 Å². The molecule has 0 bridgehead atoms. The van der Waals surface area contributed by atoms with E-state index in [0.29, 0.717) is 0 Å². The van der Waals surface area contributed by atoms with Crippen molar-refractivity contribution in [1.29, 1.82) is 0 Å². The van der Waals surface area contributed by atoms with Crippen LogP contribution in [0.3, 0.4) is 0 Å². The molecular formula is C7H11F3OS. The van der Waals surface area contributed by atoms with Crippen molar-refractivity contribution >= 4 is 16.9 Å². The first-order chi connectivity index (χ1) is 5.36. The molecule has 1 unspecified atom stereocenters. The quantitative estimate of drug-likeness (QED) is 0.694. The Hall–Kier alpha value is -0.190. The Labute approximate surface area is 73.7 Å². The van der Waals surface area contributed by atoms with Gasteiger partial charge >= 0.3 is 0 Å². The number of carbonyl (C=O) groups excluding carboxylic acids is 1. The molecule has 0 saturated heterocycles. The highest BCUT2D eigenvalue weighted by atomic mass is 32.2. The van der Waals surface area contributed by atoms with Crippen LogP contribution in [0.5, 0.6) is 0 Å². The van der Waals surface area contributed by atoms with Crippen molar-refractivity contribution in [2.24, 2.45) is 0 Å². The van der Waals surface area contributed by atoms with E-state index in [9.17, 15) is 18.0 Å². The van der Waals surface area contributed by atoms with Gasteiger partial charge in [-0.25, -0.2) is 13.2 Å². The van der Waals surface area contributed by atoms with E-state index in [1.54, 1.807) is 0 Å². The molecule has 0 radical (unpaired) electrons. The van der Waals surface area contributed by atoms with Crippen LogP contribution >= 0.6 is 11.8 Å². The lowest BCUT2D eigenvalue weighted by atomic mass is 10.2. The number of carbonyl (C=O) groups is 1. The van der Waals surface area contributed by atoms with E-state index >= 15 is 0 Å². The topological polar surface area (TPSA) is 17.1 Å². The van der Waals surface area contributed by atoms with Crippen molar-refractivity contribution in [3.63, 3.8) is 0 Å². The Balaban J connectivity index is 3.69. The standard InChI is InChI=1S/C7H11F3OS/c1-5(8)7(9,10)3-4-12-6(2)11/h5H,3-4H2,1-2H3. The second kappa shape index (κ2) is 4.74. The third-order valence-corrected chi connectivity index (χ3v) is 2.14. The molecule has 0 aromatic carbocycles. The molecule has 0 aromatic rings. The lowest BCUT2D eigenvalue weighted by Crippen LogP contribution is -2.28. The summed E-state index contributed by atoms with van der Waals surface area (Å²) in [6, 6.07) is 0. The Morgan fingerprint density at radius 2 is 2.08 bits per heavy atom. The lowest BCUT2D eigenvalue weighted by molar-refractivity contribution is -0.109. The molecule has 0 fully saturated rings. The molecule has 0 saturated carbocycles. The predicted octanol–water partition coefficient (Wildman–Crippen LogP) is 2.65. The fourth-order valence-electron chi connectivity index (χ4n) is 0.530. The van der Waals surface area contributed by atoms with Gasteiger partial charge in [0.25, 0.3) is 5.92 Å². The molecule has 0 heterocycles. The summed E-state index contributed by atoms with van der Waals surface area (Å²) >= 11 is 0.790.